The highest BCUT2D eigenvalue weighted by atomic mass is 16.3. The van der Waals surface area contributed by atoms with Gasteiger partial charge in [-0.3, -0.25) is 14.6 Å². The molecule has 1 fully saturated rings. The number of β-amino-alcohol motifs (C(OH)–C–C–N with tert-alkyl or cyclic N) is 1. The van der Waals surface area contributed by atoms with Crippen molar-refractivity contribution in [1.29, 1.82) is 0 Å². The molecule has 28 heavy (non-hydrogen) atoms. The Bertz CT molecular complexity index is 805. The van der Waals surface area contributed by atoms with Gasteiger partial charge in [0, 0.05) is 30.4 Å². The minimum atomic E-state index is -0.512. The lowest BCUT2D eigenvalue weighted by Crippen LogP contribution is -2.39. The molecule has 0 unspecified atom stereocenters. The van der Waals surface area contributed by atoms with Gasteiger partial charge in [-0.05, 0) is 56.6 Å². The van der Waals surface area contributed by atoms with E-state index in [0.29, 0.717) is 23.4 Å². The van der Waals surface area contributed by atoms with Gasteiger partial charge >= 0.3 is 0 Å². The van der Waals surface area contributed by atoms with E-state index in [9.17, 15) is 14.7 Å². The van der Waals surface area contributed by atoms with E-state index in [4.69, 9.17) is 5.73 Å². The number of rotatable bonds is 7. The van der Waals surface area contributed by atoms with Gasteiger partial charge in [0.1, 0.15) is 0 Å². The van der Waals surface area contributed by atoms with Crippen LogP contribution in [-0.2, 0) is 0 Å². The summed E-state index contributed by atoms with van der Waals surface area (Å²) in [6, 6.07) is 10.5. The second kappa shape index (κ2) is 9.43. The number of primary amides is 1. The molecule has 0 aliphatic carbocycles. The number of amides is 2. The summed E-state index contributed by atoms with van der Waals surface area (Å²) in [5.41, 5.74) is 7.73. The number of aliphatic hydroxyl groups is 1. The summed E-state index contributed by atoms with van der Waals surface area (Å²) in [5, 5.41) is 12.6. The first-order chi connectivity index (χ1) is 13.5. The minimum absolute atomic E-state index is 0.109. The Labute approximate surface area is 164 Å². The molecule has 2 heterocycles. The van der Waals surface area contributed by atoms with E-state index in [2.05, 4.69) is 15.2 Å². The second-order valence-corrected chi connectivity index (χ2v) is 7.08. The van der Waals surface area contributed by atoms with Gasteiger partial charge in [-0.1, -0.05) is 12.1 Å². The quantitative estimate of drug-likeness (QED) is 0.628. The number of pyridine rings is 1. The molecule has 0 bridgehead atoms. The van der Waals surface area contributed by atoms with Gasteiger partial charge in [0.05, 0.1) is 17.4 Å². The molecule has 1 aliphatic rings. The molecular weight excluding hydrogens is 356 g/mol. The molecule has 1 aromatic carbocycles. The highest BCUT2D eigenvalue weighted by Gasteiger charge is 2.16. The third kappa shape index (κ3) is 5.37. The predicted octanol–water partition coefficient (Wildman–Crippen LogP) is 1.42. The summed E-state index contributed by atoms with van der Waals surface area (Å²) < 4.78 is 0. The number of aliphatic hydroxyl groups excluding tert-OH is 1. The molecule has 1 aromatic heterocycles. The number of carbonyl (C=O) groups excluding carboxylic acids is 2. The zero-order chi connectivity index (χ0) is 19.9. The van der Waals surface area contributed by atoms with E-state index in [1.807, 2.05) is 12.1 Å². The topological polar surface area (TPSA) is 109 Å². The van der Waals surface area contributed by atoms with Crippen molar-refractivity contribution in [3.05, 3.63) is 53.7 Å². The van der Waals surface area contributed by atoms with Crippen molar-refractivity contribution >= 4 is 11.8 Å². The molecule has 7 heteroatoms. The largest absolute Gasteiger partial charge is 0.392 e. The number of hydrogen-bond donors (Lipinski definition) is 3. The Morgan fingerprint density at radius 2 is 1.93 bits per heavy atom. The van der Waals surface area contributed by atoms with Crippen molar-refractivity contribution in [1.82, 2.24) is 15.2 Å². The molecule has 2 amide bonds. The lowest BCUT2D eigenvalue weighted by atomic mass is 10.1. The first-order valence-electron chi connectivity index (χ1n) is 9.58. The molecule has 7 nitrogen and oxygen atoms in total. The summed E-state index contributed by atoms with van der Waals surface area (Å²) >= 11 is 0. The van der Waals surface area contributed by atoms with Gasteiger partial charge in [-0.25, -0.2) is 0 Å². The zero-order valence-electron chi connectivity index (χ0n) is 15.8. The fourth-order valence-corrected chi connectivity index (χ4v) is 3.34. The van der Waals surface area contributed by atoms with Gasteiger partial charge in [-0.15, -0.1) is 0 Å². The van der Waals surface area contributed by atoms with Crippen molar-refractivity contribution in [3.8, 4) is 11.3 Å². The van der Waals surface area contributed by atoms with E-state index >= 15 is 0 Å². The Morgan fingerprint density at radius 1 is 1.18 bits per heavy atom. The van der Waals surface area contributed by atoms with E-state index < -0.39 is 5.91 Å². The molecule has 148 valence electrons. The van der Waals surface area contributed by atoms with Crippen LogP contribution >= 0.6 is 0 Å². The summed E-state index contributed by atoms with van der Waals surface area (Å²) in [5.74, 6) is -0.621. The Morgan fingerprint density at radius 3 is 2.57 bits per heavy atom. The molecule has 0 spiro atoms. The Balaban J connectivity index is 1.47. The number of likely N-dealkylation sites (tertiary alicyclic amines) is 1. The predicted molar refractivity (Wildman–Crippen MR) is 107 cm³/mol. The second-order valence-electron chi connectivity index (χ2n) is 7.08. The third-order valence-electron chi connectivity index (χ3n) is 4.91. The highest BCUT2D eigenvalue weighted by Crippen LogP contribution is 2.18. The number of piperidine rings is 1. The van der Waals surface area contributed by atoms with E-state index in [1.54, 1.807) is 24.3 Å². The van der Waals surface area contributed by atoms with Crippen molar-refractivity contribution < 1.29 is 14.7 Å². The van der Waals surface area contributed by atoms with Crippen LogP contribution in [0.1, 0.15) is 40.0 Å². The number of aromatic nitrogens is 1. The van der Waals surface area contributed by atoms with Crippen molar-refractivity contribution in [2.24, 2.45) is 5.73 Å². The Kier molecular flexibility index (Phi) is 6.73. The van der Waals surface area contributed by atoms with Crippen LogP contribution < -0.4 is 11.1 Å². The fraction of sp³-hybridized carbons (Fsp3) is 0.381. The van der Waals surface area contributed by atoms with Crippen LogP contribution in [-0.4, -0.2) is 59.1 Å². The van der Waals surface area contributed by atoms with E-state index in [-0.39, 0.29) is 12.0 Å². The number of nitrogens with two attached hydrogens (primary N) is 1. The lowest BCUT2D eigenvalue weighted by Gasteiger charge is -2.29. The molecular formula is C21H26N4O3. The van der Waals surface area contributed by atoms with Crippen LogP contribution in [0.2, 0.25) is 0 Å². The maximum Gasteiger partial charge on any atom is 0.251 e. The summed E-state index contributed by atoms with van der Waals surface area (Å²) in [6.45, 7) is 3.22. The molecule has 0 radical (unpaired) electrons. The molecule has 1 atom stereocenters. The molecule has 2 aromatic rings. The maximum absolute atomic E-state index is 12.3. The summed E-state index contributed by atoms with van der Waals surface area (Å²) in [7, 11) is 0. The Hall–Kier alpha value is -2.77. The van der Waals surface area contributed by atoms with Crippen molar-refractivity contribution in [3.63, 3.8) is 0 Å². The number of nitrogens with one attached hydrogen (secondary N) is 1. The van der Waals surface area contributed by atoms with Crippen LogP contribution in [0.4, 0.5) is 0 Å². The van der Waals surface area contributed by atoms with Crippen LogP contribution in [0.5, 0.6) is 0 Å². The fourth-order valence-electron chi connectivity index (χ4n) is 3.34. The average molecular weight is 382 g/mol. The minimum Gasteiger partial charge on any atom is -0.392 e. The number of benzene rings is 1. The van der Waals surface area contributed by atoms with Gasteiger partial charge in [0.2, 0.25) is 5.91 Å². The molecule has 4 N–H and O–H groups in total. The summed E-state index contributed by atoms with van der Waals surface area (Å²) in [4.78, 5) is 29.9. The van der Waals surface area contributed by atoms with Crippen molar-refractivity contribution in [2.75, 3.05) is 26.2 Å². The average Bonchev–Trinajstić information content (AvgIpc) is 2.71. The standard InChI is InChI=1S/C21H26N4O3/c22-20(27)17-8-9-19(24-13-17)15-4-6-16(7-5-15)21(28)23-10-2-12-25-11-1-3-18(26)14-25/h4-9,13,18,26H,1-3,10-12,14H2,(H2,22,27)(H,23,28)/t18-/m0/s1. The van der Waals surface area contributed by atoms with Crippen LogP contribution in [0.15, 0.2) is 42.6 Å². The zero-order valence-corrected chi connectivity index (χ0v) is 15.8. The molecule has 1 saturated heterocycles. The van der Waals surface area contributed by atoms with Gasteiger partial charge < -0.3 is 21.1 Å². The monoisotopic (exact) mass is 382 g/mol. The van der Waals surface area contributed by atoms with Crippen LogP contribution in [0.25, 0.3) is 11.3 Å². The van der Waals surface area contributed by atoms with Crippen molar-refractivity contribution in [2.45, 2.75) is 25.4 Å². The van der Waals surface area contributed by atoms with Crippen LogP contribution in [0.3, 0.4) is 0 Å². The van der Waals surface area contributed by atoms with Gasteiger partial charge in [-0.2, -0.15) is 0 Å². The highest BCUT2D eigenvalue weighted by molar-refractivity contribution is 5.94. The number of carbonyl (C=O) groups is 2. The molecule has 3 rings (SSSR count). The van der Waals surface area contributed by atoms with Gasteiger partial charge in [0.25, 0.3) is 5.91 Å². The first kappa shape index (κ1) is 20.0. The van der Waals surface area contributed by atoms with Crippen LogP contribution in [0, 0.1) is 0 Å². The smallest absolute Gasteiger partial charge is 0.251 e. The number of nitrogens with zero attached hydrogens (tertiary/aromatic N) is 2. The van der Waals surface area contributed by atoms with E-state index in [1.165, 1.54) is 6.20 Å². The number of hydrogen-bond acceptors (Lipinski definition) is 5. The molecule has 1 aliphatic heterocycles. The maximum atomic E-state index is 12.3. The molecule has 0 saturated carbocycles. The van der Waals surface area contributed by atoms with Gasteiger partial charge in [0.15, 0.2) is 0 Å². The summed E-state index contributed by atoms with van der Waals surface area (Å²) in [6.07, 6.45) is 3.99. The SMILES string of the molecule is NC(=O)c1ccc(-c2ccc(C(=O)NCCCN3CCC[C@H](O)C3)cc2)nc1. The lowest BCUT2D eigenvalue weighted by molar-refractivity contribution is 0.0697. The normalized spacial score (nSPS) is 17.2. The first-order valence-corrected chi connectivity index (χ1v) is 9.58. The van der Waals surface area contributed by atoms with E-state index in [0.717, 1.165) is 44.5 Å². The third-order valence-corrected chi connectivity index (χ3v) is 4.91.